The maximum absolute atomic E-state index is 12.3. The molecule has 0 radical (unpaired) electrons. The lowest BCUT2D eigenvalue weighted by molar-refractivity contribution is 0.600. The molecule has 2 aromatic rings. The van der Waals surface area contributed by atoms with Crippen LogP contribution in [0, 0.1) is 5.92 Å². The van der Waals surface area contributed by atoms with Crippen molar-refractivity contribution >= 4 is 54.0 Å². The Bertz CT molecular complexity index is 748. The van der Waals surface area contributed by atoms with Gasteiger partial charge >= 0.3 is 0 Å². The van der Waals surface area contributed by atoms with Crippen molar-refractivity contribution in [1.82, 2.24) is 15.2 Å². The molecular formula is C11H12BrClN4O2S2. The molecule has 0 saturated carbocycles. The summed E-state index contributed by atoms with van der Waals surface area (Å²) >= 11 is 10.2. The monoisotopic (exact) mass is 410 g/mol. The van der Waals surface area contributed by atoms with E-state index in [-0.39, 0.29) is 15.2 Å². The molecule has 0 aliphatic carbocycles. The number of aromatic nitrogens is 3. The van der Waals surface area contributed by atoms with E-state index in [1.807, 2.05) is 0 Å². The Morgan fingerprint density at radius 3 is 2.81 bits per heavy atom. The zero-order valence-electron chi connectivity index (χ0n) is 11.2. The van der Waals surface area contributed by atoms with Crippen LogP contribution in [0.3, 0.4) is 0 Å². The lowest BCUT2D eigenvalue weighted by Gasteiger charge is -2.06. The average molecular weight is 412 g/mol. The van der Waals surface area contributed by atoms with Gasteiger partial charge in [0.2, 0.25) is 5.13 Å². The molecule has 10 heteroatoms. The second-order valence-electron chi connectivity index (χ2n) is 4.65. The molecule has 0 bridgehead atoms. The number of hydrogen-bond acceptors (Lipinski definition) is 6. The number of rotatable bonds is 5. The number of pyridine rings is 1. The quantitative estimate of drug-likeness (QED) is 0.763. The maximum Gasteiger partial charge on any atom is 0.266 e. The van der Waals surface area contributed by atoms with Gasteiger partial charge in [-0.2, -0.15) is 0 Å². The minimum absolute atomic E-state index is 0.0994. The molecule has 2 heterocycles. The van der Waals surface area contributed by atoms with Crippen molar-refractivity contribution in [2.75, 3.05) is 4.72 Å². The fourth-order valence-electron chi connectivity index (χ4n) is 1.49. The average Bonchev–Trinajstić information content (AvgIpc) is 2.77. The summed E-state index contributed by atoms with van der Waals surface area (Å²) in [5, 5.41) is 8.68. The number of nitrogens with zero attached hydrogens (tertiary/aromatic N) is 3. The van der Waals surface area contributed by atoms with Gasteiger partial charge in [0.15, 0.2) is 0 Å². The number of anilines is 1. The summed E-state index contributed by atoms with van der Waals surface area (Å²) in [5.74, 6) is 0.422. The Labute approximate surface area is 140 Å². The molecule has 0 aliphatic rings. The molecule has 21 heavy (non-hydrogen) atoms. The fourth-order valence-corrected chi connectivity index (χ4v) is 4.62. The van der Waals surface area contributed by atoms with E-state index in [9.17, 15) is 8.42 Å². The highest BCUT2D eigenvalue weighted by atomic mass is 79.9. The van der Waals surface area contributed by atoms with E-state index in [0.29, 0.717) is 10.4 Å². The standard InChI is InChI=1S/C11H12BrClN4O2S2/c1-6(2)3-9-15-16-11(20-9)17-21(18,19)8-4-7(12)5-14-10(8)13/h4-6H,3H2,1-2H3,(H,16,17). The summed E-state index contributed by atoms with van der Waals surface area (Å²) < 4.78 is 27.5. The summed E-state index contributed by atoms with van der Waals surface area (Å²) in [6, 6.07) is 1.38. The van der Waals surface area contributed by atoms with Gasteiger partial charge in [0.25, 0.3) is 10.0 Å². The molecule has 0 aliphatic heterocycles. The summed E-state index contributed by atoms with van der Waals surface area (Å²) in [6.45, 7) is 4.11. The molecule has 1 N–H and O–H groups in total. The minimum Gasteiger partial charge on any atom is -0.253 e. The molecule has 2 aromatic heterocycles. The minimum atomic E-state index is -3.85. The molecule has 6 nitrogen and oxygen atoms in total. The van der Waals surface area contributed by atoms with Crippen LogP contribution in [0.25, 0.3) is 0 Å². The Kier molecular flexibility index (Phi) is 5.18. The van der Waals surface area contributed by atoms with Gasteiger partial charge < -0.3 is 0 Å². The van der Waals surface area contributed by atoms with Crippen LogP contribution in [-0.2, 0) is 16.4 Å². The number of halogens is 2. The highest BCUT2D eigenvalue weighted by molar-refractivity contribution is 9.10. The van der Waals surface area contributed by atoms with E-state index < -0.39 is 10.0 Å². The van der Waals surface area contributed by atoms with Gasteiger partial charge in [-0.15, -0.1) is 10.2 Å². The molecule has 0 spiro atoms. The highest BCUT2D eigenvalue weighted by Crippen LogP contribution is 2.26. The molecule has 114 valence electrons. The van der Waals surface area contributed by atoms with Crippen LogP contribution in [0.1, 0.15) is 18.9 Å². The predicted octanol–water partition coefficient (Wildman–Crippen LogP) is 3.35. The number of nitrogens with one attached hydrogen (secondary N) is 1. The molecule has 2 rings (SSSR count). The van der Waals surface area contributed by atoms with Crippen molar-refractivity contribution in [2.45, 2.75) is 25.2 Å². The second-order valence-corrected chi connectivity index (χ2v) is 8.63. The van der Waals surface area contributed by atoms with Crippen LogP contribution >= 0.6 is 38.9 Å². The van der Waals surface area contributed by atoms with Gasteiger partial charge in [-0.3, -0.25) is 4.72 Å². The third-order valence-corrected chi connectivity index (χ3v) is 5.52. The van der Waals surface area contributed by atoms with Crippen LogP contribution in [0.2, 0.25) is 5.15 Å². The van der Waals surface area contributed by atoms with Gasteiger partial charge in [0, 0.05) is 17.1 Å². The number of sulfonamides is 1. The zero-order valence-corrected chi connectivity index (χ0v) is 15.1. The zero-order chi connectivity index (χ0) is 15.6. The molecule has 0 fully saturated rings. The molecule has 0 atom stereocenters. The van der Waals surface area contributed by atoms with Crippen molar-refractivity contribution < 1.29 is 8.42 Å². The smallest absolute Gasteiger partial charge is 0.253 e. The van der Waals surface area contributed by atoms with E-state index in [4.69, 9.17) is 11.6 Å². The third kappa shape index (κ3) is 4.35. The molecule has 0 saturated heterocycles. The van der Waals surface area contributed by atoms with E-state index in [0.717, 1.165) is 11.4 Å². The SMILES string of the molecule is CC(C)Cc1nnc(NS(=O)(=O)c2cc(Br)cnc2Cl)s1. The summed E-state index contributed by atoms with van der Waals surface area (Å²) in [7, 11) is -3.85. The summed E-state index contributed by atoms with van der Waals surface area (Å²) in [5.41, 5.74) is 0. The highest BCUT2D eigenvalue weighted by Gasteiger charge is 2.21. The summed E-state index contributed by atoms with van der Waals surface area (Å²) in [6.07, 6.45) is 2.17. The van der Waals surface area contributed by atoms with Crippen molar-refractivity contribution in [3.63, 3.8) is 0 Å². The molecule has 0 unspecified atom stereocenters. The first-order valence-corrected chi connectivity index (χ1v) is 9.41. The lowest BCUT2D eigenvalue weighted by atomic mass is 10.1. The first-order chi connectivity index (χ1) is 9.78. The lowest BCUT2D eigenvalue weighted by Crippen LogP contribution is -2.13. The third-order valence-electron chi connectivity index (χ3n) is 2.33. The number of hydrogen-bond donors (Lipinski definition) is 1. The molecular weight excluding hydrogens is 400 g/mol. The Balaban J connectivity index is 2.25. The van der Waals surface area contributed by atoms with Crippen molar-refractivity contribution in [3.05, 3.63) is 26.9 Å². The predicted molar refractivity (Wildman–Crippen MR) is 86.2 cm³/mol. The van der Waals surface area contributed by atoms with Gasteiger partial charge in [-0.1, -0.05) is 36.8 Å². The van der Waals surface area contributed by atoms with Crippen molar-refractivity contribution in [3.8, 4) is 0 Å². The van der Waals surface area contributed by atoms with Crippen LogP contribution in [0.15, 0.2) is 21.6 Å². The Hall–Kier alpha value is -0.770. The van der Waals surface area contributed by atoms with Crippen molar-refractivity contribution in [1.29, 1.82) is 0 Å². The van der Waals surface area contributed by atoms with Gasteiger partial charge in [-0.25, -0.2) is 13.4 Å². The Morgan fingerprint density at radius 1 is 1.43 bits per heavy atom. The van der Waals surface area contributed by atoms with Crippen LogP contribution < -0.4 is 4.72 Å². The van der Waals surface area contributed by atoms with E-state index in [1.54, 1.807) is 0 Å². The van der Waals surface area contributed by atoms with Gasteiger partial charge in [0.1, 0.15) is 15.1 Å². The normalized spacial score (nSPS) is 11.9. The topological polar surface area (TPSA) is 84.8 Å². The van der Waals surface area contributed by atoms with E-state index in [1.165, 1.54) is 23.6 Å². The fraction of sp³-hybridized carbons (Fsp3) is 0.364. The van der Waals surface area contributed by atoms with Gasteiger partial charge in [0.05, 0.1) is 0 Å². The van der Waals surface area contributed by atoms with Crippen LogP contribution in [0.4, 0.5) is 5.13 Å². The molecule has 0 amide bonds. The van der Waals surface area contributed by atoms with Crippen LogP contribution in [-0.4, -0.2) is 23.6 Å². The van der Waals surface area contributed by atoms with Crippen molar-refractivity contribution in [2.24, 2.45) is 5.92 Å². The summed E-state index contributed by atoms with van der Waals surface area (Å²) in [4.78, 5) is 3.69. The Morgan fingerprint density at radius 2 is 2.14 bits per heavy atom. The molecule has 0 aromatic carbocycles. The van der Waals surface area contributed by atoms with E-state index in [2.05, 4.69) is 49.7 Å². The largest absolute Gasteiger partial charge is 0.266 e. The van der Waals surface area contributed by atoms with Gasteiger partial charge in [-0.05, 0) is 27.9 Å². The second kappa shape index (κ2) is 6.55. The van der Waals surface area contributed by atoms with E-state index >= 15 is 0 Å². The first kappa shape index (κ1) is 16.6. The van der Waals surface area contributed by atoms with Crippen LogP contribution in [0.5, 0.6) is 0 Å². The maximum atomic E-state index is 12.3. The first-order valence-electron chi connectivity index (χ1n) is 5.94.